The van der Waals surface area contributed by atoms with Gasteiger partial charge in [0.1, 0.15) is 6.33 Å². The zero-order valence-corrected chi connectivity index (χ0v) is 9.48. The predicted molar refractivity (Wildman–Crippen MR) is 58.2 cm³/mol. The van der Waals surface area contributed by atoms with Crippen molar-refractivity contribution in [1.82, 2.24) is 15.0 Å². The fraction of sp³-hybridized carbons (Fsp3) is 0.375. The topological polar surface area (TPSA) is 47.9 Å². The van der Waals surface area contributed by atoms with Gasteiger partial charge in [0.15, 0.2) is 14.7 Å². The number of thioether (sulfide) groups is 1. The Labute approximate surface area is 89.7 Å². The average Bonchev–Trinajstić information content (AvgIpc) is 2.60. The average molecular weight is 227 g/mol. The third-order valence-corrected chi connectivity index (χ3v) is 3.59. The summed E-state index contributed by atoms with van der Waals surface area (Å²) < 4.78 is 6.12. The number of hydrogen-bond donors (Lipinski definition) is 0. The van der Waals surface area contributed by atoms with Gasteiger partial charge in [-0.2, -0.15) is 4.98 Å². The lowest BCUT2D eigenvalue weighted by molar-refractivity contribution is 0.401. The first kappa shape index (κ1) is 9.67. The van der Waals surface area contributed by atoms with Crippen molar-refractivity contribution in [3.8, 4) is 5.88 Å². The standard InChI is InChI=1S/C8H9N3OS2/c1-3-13-8-11-5-6(12-2)9-4-10-7(5)14-8/h4H,3H2,1-2H3. The molecule has 2 rings (SSSR count). The monoisotopic (exact) mass is 227 g/mol. The van der Waals surface area contributed by atoms with Gasteiger partial charge < -0.3 is 4.74 Å². The Morgan fingerprint density at radius 3 is 3.07 bits per heavy atom. The summed E-state index contributed by atoms with van der Waals surface area (Å²) in [5.41, 5.74) is 0.760. The Bertz CT molecular complexity index is 443. The first-order chi connectivity index (χ1) is 6.85. The Hall–Kier alpha value is -0.880. The van der Waals surface area contributed by atoms with Crippen LogP contribution in [-0.4, -0.2) is 27.8 Å². The Morgan fingerprint density at radius 2 is 2.36 bits per heavy atom. The summed E-state index contributed by atoms with van der Waals surface area (Å²) in [7, 11) is 1.59. The van der Waals surface area contributed by atoms with E-state index in [-0.39, 0.29) is 0 Å². The van der Waals surface area contributed by atoms with Crippen molar-refractivity contribution in [3.05, 3.63) is 6.33 Å². The highest BCUT2D eigenvalue weighted by Crippen LogP contribution is 2.31. The van der Waals surface area contributed by atoms with Crippen LogP contribution in [0.25, 0.3) is 10.3 Å². The number of hydrogen-bond acceptors (Lipinski definition) is 6. The smallest absolute Gasteiger partial charge is 0.244 e. The van der Waals surface area contributed by atoms with Crippen LogP contribution in [0.5, 0.6) is 5.88 Å². The molecule has 0 aliphatic heterocycles. The van der Waals surface area contributed by atoms with Crippen LogP contribution in [0.4, 0.5) is 0 Å². The van der Waals surface area contributed by atoms with E-state index in [2.05, 4.69) is 21.9 Å². The maximum Gasteiger partial charge on any atom is 0.244 e. The molecule has 0 N–H and O–H groups in total. The number of fused-ring (bicyclic) bond motifs is 1. The lowest BCUT2D eigenvalue weighted by atomic mass is 10.6. The molecule has 0 amide bonds. The Balaban J connectivity index is 2.52. The molecule has 0 aliphatic carbocycles. The molecule has 0 bridgehead atoms. The van der Waals surface area contributed by atoms with Crippen molar-refractivity contribution in [3.63, 3.8) is 0 Å². The van der Waals surface area contributed by atoms with Gasteiger partial charge >= 0.3 is 0 Å². The number of ether oxygens (including phenoxy) is 1. The lowest BCUT2D eigenvalue weighted by Crippen LogP contribution is -1.89. The van der Waals surface area contributed by atoms with Gasteiger partial charge in [-0.25, -0.2) is 9.97 Å². The Morgan fingerprint density at radius 1 is 1.50 bits per heavy atom. The minimum atomic E-state index is 0.550. The van der Waals surface area contributed by atoms with E-state index >= 15 is 0 Å². The predicted octanol–water partition coefficient (Wildman–Crippen LogP) is 2.21. The maximum atomic E-state index is 5.10. The van der Waals surface area contributed by atoms with Crippen molar-refractivity contribution in [2.24, 2.45) is 0 Å². The van der Waals surface area contributed by atoms with Crippen LogP contribution < -0.4 is 4.74 Å². The van der Waals surface area contributed by atoms with Gasteiger partial charge in [0.05, 0.1) is 7.11 Å². The highest BCUT2D eigenvalue weighted by Gasteiger charge is 2.10. The molecule has 0 aliphatic rings. The molecule has 14 heavy (non-hydrogen) atoms. The van der Waals surface area contributed by atoms with Crippen molar-refractivity contribution in [2.75, 3.05) is 12.9 Å². The second-order valence-corrected chi connectivity index (χ2v) is 4.94. The van der Waals surface area contributed by atoms with Gasteiger partial charge in [-0.3, -0.25) is 0 Å². The molecule has 0 saturated heterocycles. The maximum absolute atomic E-state index is 5.10. The number of nitrogens with zero attached hydrogens (tertiary/aromatic N) is 3. The van der Waals surface area contributed by atoms with Gasteiger partial charge in [-0.05, 0) is 5.75 Å². The lowest BCUT2D eigenvalue weighted by Gasteiger charge is -1.95. The number of methoxy groups -OCH3 is 1. The van der Waals surface area contributed by atoms with Crippen LogP contribution in [0.1, 0.15) is 6.92 Å². The first-order valence-corrected chi connectivity index (χ1v) is 5.93. The molecule has 0 fully saturated rings. The molecule has 0 unspecified atom stereocenters. The fourth-order valence-electron chi connectivity index (χ4n) is 1.05. The minimum Gasteiger partial charge on any atom is -0.479 e. The van der Waals surface area contributed by atoms with Crippen molar-refractivity contribution in [1.29, 1.82) is 0 Å². The van der Waals surface area contributed by atoms with E-state index in [9.17, 15) is 0 Å². The van der Waals surface area contributed by atoms with Crippen molar-refractivity contribution < 1.29 is 4.74 Å². The van der Waals surface area contributed by atoms with Gasteiger partial charge in [-0.1, -0.05) is 30.0 Å². The molecule has 0 spiro atoms. The first-order valence-electron chi connectivity index (χ1n) is 4.13. The van der Waals surface area contributed by atoms with E-state index in [0.29, 0.717) is 5.88 Å². The van der Waals surface area contributed by atoms with Crippen LogP contribution in [0.2, 0.25) is 0 Å². The molecule has 74 valence electrons. The van der Waals surface area contributed by atoms with Gasteiger partial charge in [-0.15, -0.1) is 0 Å². The third-order valence-electron chi connectivity index (χ3n) is 1.60. The molecule has 0 radical (unpaired) electrons. The molecule has 2 aromatic heterocycles. The summed E-state index contributed by atoms with van der Waals surface area (Å²) in [5.74, 6) is 1.56. The van der Waals surface area contributed by atoms with Gasteiger partial charge in [0.2, 0.25) is 5.88 Å². The quantitative estimate of drug-likeness (QED) is 0.752. The van der Waals surface area contributed by atoms with E-state index in [1.807, 2.05) is 0 Å². The summed E-state index contributed by atoms with van der Waals surface area (Å²) in [6, 6.07) is 0. The summed E-state index contributed by atoms with van der Waals surface area (Å²) in [6.07, 6.45) is 1.50. The van der Waals surface area contributed by atoms with Crippen LogP contribution >= 0.6 is 23.1 Å². The van der Waals surface area contributed by atoms with Crippen LogP contribution in [0.15, 0.2) is 10.7 Å². The molecule has 4 nitrogen and oxygen atoms in total. The SMILES string of the molecule is CCSc1nc2c(OC)ncnc2s1. The molecular weight excluding hydrogens is 218 g/mol. The number of aromatic nitrogens is 3. The summed E-state index contributed by atoms with van der Waals surface area (Å²) in [6.45, 7) is 2.10. The van der Waals surface area contributed by atoms with Crippen LogP contribution in [0, 0.1) is 0 Å². The van der Waals surface area contributed by atoms with E-state index in [1.165, 1.54) is 6.33 Å². The summed E-state index contributed by atoms with van der Waals surface area (Å²) in [5, 5.41) is 0. The normalized spacial score (nSPS) is 10.7. The van der Waals surface area contributed by atoms with Gasteiger partial charge in [0.25, 0.3) is 0 Å². The molecule has 0 saturated carbocycles. The minimum absolute atomic E-state index is 0.550. The number of thiazole rings is 1. The molecule has 6 heteroatoms. The third kappa shape index (κ3) is 1.67. The second kappa shape index (κ2) is 4.10. The van der Waals surface area contributed by atoms with Gasteiger partial charge in [0, 0.05) is 0 Å². The molecular formula is C8H9N3OS2. The van der Waals surface area contributed by atoms with Crippen LogP contribution in [0.3, 0.4) is 0 Å². The zero-order valence-electron chi connectivity index (χ0n) is 7.85. The van der Waals surface area contributed by atoms with E-state index in [4.69, 9.17) is 4.74 Å². The van der Waals surface area contributed by atoms with E-state index in [1.54, 1.807) is 30.2 Å². The zero-order chi connectivity index (χ0) is 9.97. The second-order valence-electron chi connectivity index (χ2n) is 2.45. The number of rotatable bonds is 3. The fourth-order valence-corrected chi connectivity index (χ4v) is 2.91. The van der Waals surface area contributed by atoms with E-state index in [0.717, 1.165) is 20.4 Å². The van der Waals surface area contributed by atoms with Crippen molar-refractivity contribution in [2.45, 2.75) is 11.3 Å². The summed E-state index contributed by atoms with van der Waals surface area (Å²) in [4.78, 5) is 13.4. The molecule has 2 aromatic rings. The largest absolute Gasteiger partial charge is 0.479 e. The Kier molecular flexibility index (Phi) is 2.83. The highest BCUT2D eigenvalue weighted by atomic mass is 32.2. The molecule has 0 atom stereocenters. The van der Waals surface area contributed by atoms with Crippen molar-refractivity contribution >= 4 is 33.4 Å². The molecule has 2 heterocycles. The summed E-state index contributed by atoms with van der Waals surface area (Å²) >= 11 is 3.28. The van der Waals surface area contributed by atoms with Crippen LogP contribution in [-0.2, 0) is 0 Å². The molecule has 0 aromatic carbocycles. The highest BCUT2D eigenvalue weighted by molar-refractivity contribution is 8.01. The van der Waals surface area contributed by atoms with E-state index < -0.39 is 0 Å².